The van der Waals surface area contributed by atoms with Crippen molar-refractivity contribution in [1.82, 2.24) is 4.98 Å². The molecule has 0 bridgehead atoms. The highest BCUT2D eigenvalue weighted by Gasteiger charge is 2.11. The van der Waals surface area contributed by atoms with E-state index >= 15 is 0 Å². The molecule has 5 heteroatoms. The maximum atomic E-state index is 11.5. The van der Waals surface area contributed by atoms with Gasteiger partial charge < -0.3 is 14.8 Å². The first-order chi connectivity index (χ1) is 11.9. The summed E-state index contributed by atoms with van der Waals surface area (Å²) in [7, 11) is 1.35. The predicted octanol–water partition coefficient (Wildman–Crippen LogP) is 4.77. The molecule has 0 saturated carbocycles. The van der Waals surface area contributed by atoms with Crippen LogP contribution in [0.25, 0.3) is 0 Å². The van der Waals surface area contributed by atoms with Crippen molar-refractivity contribution in [3.8, 4) is 5.75 Å². The molecule has 1 heterocycles. The molecular formula is C20H26N2O3. The SMILES string of the molecule is COC(=O)c1ccc(Nc2ccc(OCC(C)C)c(C(C)C)c2)nc1. The second kappa shape index (κ2) is 8.51. The summed E-state index contributed by atoms with van der Waals surface area (Å²) in [4.78, 5) is 15.7. The molecule has 0 aliphatic rings. The first-order valence-corrected chi connectivity index (χ1v) is 8.48. The fourth-order valence-electron chi connectivity index (χ4n) is 2.32. The molecule has 1 aromatic heterocycles. The standard InChI is InChI=1S/C20H26N2O3/c1-13(2)12-25-18-8-7-16(10-17(18)14(3)4)22-19-9-6-15(11-21-19)20(23)24-5/h6-11,13-14H,12H2,1-5H3,(H,21,22). The Morgan fingerprint density at radius 3 is 2.48 bits per heavy atom. The van der Waals surface area contributed by atoms with Crippen LogP contribution >= 0.6 is 0 Å². The van der Waals surface area contributed by atoms with Crippen molar-refractivity contribution < 1.29 is 14.3 Å². The molecule has 0 aliphatic heterocycles. The van der Waals surface area contributed by atoms with Crippen LogP contribution in [0.4, 0.5) is 11.5 Å². The summed E-state index contributed by atoms with van der Waals surface area (Å²) >= 11 is 0. The fourth-order valence-corrected chi connectivity index (χ4v) is 2.32. The molecule has 0 saturated heterocycles. The van der Waals surface area contributed by atoms with E-state index < -0.39 is 5.97 Å². The summed E-state index contributed by atoms with van der Waals surface area (Å²) in [6.45, 7) is 9.25. The topological polar surface area (TPSA) is 60.5 Å². The Bertz CT molecular complexity index is 709. The molecule has 0 radical (unpaired) electrons. The zero-order valence-electron chi connectivity index (χ0n) is 15.5. The third-order valence-electron chi connectivity index (χ3n) is 3.66. The minimum absolute atomic E-state index is 0.346. The van der Waals surface area contributed by atoms with Gasteiger partial charge >= 0.3 is 5.97 Å². The zero-order valence-corrected chi connectivity index (χ0v) is 15.5. The van der Waals surface area contributed by atoms with Gasteiger partial charge in [-0.2, -0.15) is 0 Å². The summed E-state index contributed by atoms with van der Waals surface area (Å²) in [6.07, 6.45) is 1.50. The lowest BCUT2D eigenvalue weighted by molar-refractivity contribution is 0.0600. The molecular weight excluding hydrogens is 316 g/mol. The Morgan fingerprint density at radius 1 is 1.16 bits per heavy atom. The van der Waals surface area contributed by atoms with E-state index in [2.05, 4.69) is 48.8 Å². The number of pyridine rings is 1. The third-order valence-corrected chi connectivity index (χ3v) is 3.66. The van der Waals surface area contributed by atoms with E-state index in [9.17, 15) is 4.79 Å². The van der Waals surface area contributed by atoms with Crippen molar-refractivity contribution in [3.05, 3.63) is 47.7 Å². The fraction of sp³-hybridized carbons (Fsp3) is 0.400. The van der Waals surface area contributed by atoms with E-state index in [1.165, 1.54) is 13.3 Å². The van der Waals surface area contributed by atoms with Crippen LogP contribution in [0.5, 0.6) is 5.75 Å². The van der Waals surface area contributed by atoms with Crippen LogP contribution in [-0.2, 0) is 4.74 Å². The lowest BCUT2D eigenvalue weighted by Gasteiger charge is -2.17. The summed E-state index contributed by atoms with van der Waals surface area (Å²) < 4.78 is 10.6. The smallest absolute Gasteiger partial charge is 0.339 e. The van der Waals surface area contributed by atoms with Gasteiger partial charge in [0.1, 0.15) is 11.6 Å². The van der Waals surface area contributed by atoms with Gasteiger partial charge in [0.05, 0.1) is 19.3 Å². The number of esters is 1. The average molecular weight is 342 g/mol. The van der Waals surface area contributed by atoms with Crippen molar-refractivity contribution in [1.29, 1.82) is 0 Å². The van der Waals surface area contributed by atoms with Gasteiger partial charge in [-0.05, 0) is 47.7 Å². The Labute approximate surface area is 149 Å². The van der Waals surface area contributed by atoms with Crippen molar-refractivity contribution in [2.75, 3.05) is 19.0 Å². The van der Waals surface area contributed by atoms with Gasteiger partial charge in [0.25, 0.3) is 0 Å². The number of nitrogens with one attached hydrogen (secondary N) is 1. The molecule has 5 nitrogen and oxygen atoms in total. The van der Waals surface area contributed by atoms with Gasteiger partial charge in [0.2, 0.25) is 0 Å². The number of nitrogens with zero attached hydrogens (tertiary/aromatic N) is 1. The predicted molar refractivity (Wildman–Crippen MR) is 99.7 cm³/mol. The minimum atomic E-state index is -0.396. The van der Waals surface area contributed by atoms with Gasteiger partial charge in [0, 0.05) is 11.9 Å². The maximum absolute atomic E-state index is 11.5. The number of methoxy groups -OCH3 is 1. The van der Waals surface area contributed by atoms with Crippen molar-refractivity contribution in [3.63, 3.8) is 0 Å². The lowest BCUT2D eigenvalue weighted by atomic mass is 10.0. The molecule has 1 N–H and O–H groups in total. The second-order valence-corrected chi connectivity index (χ2v) is 6.66. The van der Waals surface area contributed by atoms with Crippen LogP contribution < -0.4 is 10.1 Å². The van der Waals surface area contributed by atoms with Gasteiger partial charge in [-0.15, -0.1) is 0 Å². The number of rotatable bonds is 7. The van der Waals surface area contributed by atoms with Gasteiger partial charge in [0.15, 0.2) is 0 Å². The Kier molecular flexibility index (Phi) is 6.39. The maximum Gasteiger partial charge on any atom is 0.339 e. The van der Waals surface area contributed by atoms with Crippen LogP contribution in [0.3, 0.4) is 0 Å². The molecule has 134 valence electrons. The second-order valence-electron chi connectivity index (χ2n) is 6.66. The van der Waals surface area contributed by atoms with Crippen molar-refractivity contribution in [2.24, 2.45) is 5.92 Å². The molecule has 0 spiro atoms. The molecule has 0 unspecified atom stereocenters. The van der Waals surface area contributed by atoms with Crippen LogP contribution in [0.15, 0.2) is 36.5 Å². The average Bonchev–Trinajstić information content (AvgIpc) is 2.60. The number of ether oxygens (including phenoxy) is 2. The molecule has 0 atom stereocenters. The van der Waals surface area contributed by atoms with E-state index in [-0.39, 0.29) is 0 Å². The minimum Gasteiger partial charge on any atom is -0.493 e. The zero-order chi connectivity index (χ0) is 18.4. The van der Waals surface area contributed by atoms with Gasteiger partial charge in [-0.1, -0.05) is 27.7 Å². The molecule has 25 heavy (non-hydrogen) atoms. The third kappa shape index (κ3) is 5.21. The van der Waals surface area contributed by atoms with E-state index in [1.807, 2.05) is 12.1 Å². The summed E-state index contributed by atoms with van der Waals surface area (Å²) in [5, 5.41) is 3.26. The molecule has 0 amide bonds. The molecule has 1 aromatic carbocycles. The Hall–Kier alpha value is -2.56. The number of aromatic nitrogens is 1. The molecule has 2 aromatic rings. The highest BCUT2D eigenvalue weighted by molar-refractivity contribution is 5.89. The Morgan fingerprint density at radius 2 is 1.92 bits per heavy atom. The number of carbonyl (C=O) groups excluding carboxylic acids is 1. The molecule has 0 aliphatic carbocycles. The van der Waals surface area contributed by atoms with Gasteiger partial charge in [-0.25, -0.2) is 9.78 Å². The summed E-state index contributed by atoms with van der Waals surface area (Å²) in [5.74, 6) is 2.02. The first-order valence-electron chi connectivity index (χ1n) is 8.48. The normalized spacial score (nSPS) is 10.8. The summed E-state index contributed by atoms with van der Waals surface area (Å²) in [6, 6.07) is 9.48. The first kappa shape index (κ1) is 18.8. The number of hydrogen-bond acceptors (Lipinski definition) is 5. The number of carbonyl (C=O) groups is 1. The quantitative estimate of drug-likeness (QED) is 0.734. The number of anilines is 2. The van der Waals surface area contributed by atoms with Crippen LogP contribution in [0, 0.1) is 5.92 Å². The lowest BCUT2D eigenvalue weighted by Crippen LogP contribution is -2.07. The monoisotopic (exact) mass is 342 g/mol. The van der Waals surface area contributed by atoms with E-state index in [0.717, 1.165) is 17.0 Å². The highest BCUT2D eigenvalue weighted by atomic mass is 16.5. The van der Waals surface area contributed by atoms with E-state index in [4.69, 9.17) is 4.74 Å². The Balaban J connectivity index is 2.16. The van der Waals surface area contributed by atoms with Crippen LogP contribution in [-0.4, -0.2) is 24.7 Å². The summed E-state index contributed by atoms with van der Waals surface area (Å²) in [5.41, 5.74) is 2.50. The van der Waals surface area contributed by atoms with Crippen molar-refractivity contribution in [2.45, 2.75) is 33.6 Å². The number of hydrogen-bond donors (Lipinski definition) is 1. The molecule has 0 fully saturated rings. The van der Waals surface area contributed by atoms with Crippen LogP contribution in [0.2, 0.25) is 0 Å². The number of benzene rings is 1. The van der Waals surface area contributed by atoms with Crippen molar-refractivity contribution >= 4 is 17.5 Å². The van der Waals surface area contributed by atoms with E-state index in [1.54, 1.807) is 12.1 Å². The van der Waals surface area contributed by atoms with Crippen LogP contribution in [0.1, 0.15) is 49.5 Å². The molecule has 2 rings (SSSR count). The highest BCUT2D eigenvalue weighted by Crippen LogP contribution is 2.30. The largest absolute Gasteiger partial charge is 0.493 e. The van der Waals surface area contributed by atoms with Gasteiger partial charge in [-0.3, -0.25) is 0 Å². The van der Waals surface area contributed by atoms with E-state index in [0.29, 0.717) is 29.8 Å².